The van der Waals surface area contributed by atoms with Crippen molar-refractivity contribution in [1.29, 1.82) is 0 Å². The summed E-state index contributed by atoms with van der Waals surface area (Å²) in [5.41, 5.74) is 3.05. The Labute approximate surface area is 267 Å². The summed E-state index contributed by atoms with van der Waals surface area (Å²) in [6.07, 6.45) is 31.7. The van der Waals surface area contributed by atoms with Crippen LogP contribution in [0.15, 0.2) is 119 Å². The molecule has 3 aliphatic rings. The van der Waals surface area contributed by atoms with E-state index in [2.05, 4.69) is 90.2 Å². The summed E-state index contributed by atoms with van der Waals surface area (Å²) in [5, 5.41) is 31.7. The number of ether oxygens (including phenoxy) is 1. The fraction of sp³-hybridized carbons (Fsp3) is 0.500. The number of hydrogen-bond acceptors (Lipinski definition) is 4. The fourth-order valence-corrected chi connectivity index (χ4v) is 6.96. The molecule has 44 heavy (non-hydrogen) atoms. The summed E-state index contributed by atoms with van der Waals surface area (Å²) in [7, 11) is 0. The third-order valence-electron chi connectivity index (χ3n) is 9.74. The highest BCUT2D eigenvalue weighted by atomic mass is 16.6. The summed E-state index contributed by atoms with van der Waals surface area (Å²) >= 11 is 0. The first-order valence-corrected chi connectivity index (χ1v) is 15.9. The first kappa shape index (κ1) is 35.7. The van der Waals surface area contributed by atoms with E-state index in [0.717, 1.165) is 34.3 Å². The van der Waals surface area contributed by atoms with E-state index in [4.69, 9.17) is 4.74 Å². The molecule has 2 aliphatic carbocycles. The van der Waals surface area contributed by atoms with Gasteiger partial charge in [-0.1, -0.05) is 129 Å². The molecule has 1 saturated carbocycles. The Morgan fingerprint density at radius 3 is 1.66 bits per heavy atom. The van der Waals surface area contributed by atoms with Crippen LogP contribution in [0.5, 0.6) is 0 Å². The van der Waals surface area contributed by atoms with Crippen molar-refractivity contribution in [3.05, 3.63) is 119 Å². The Bertz CT molecular complexity index is 1370. The third-order valence-corrected chi connectivity index (χ3v) is 9.74. The second kappa shape index (κ2) is 13.7. The lowest BCUT2D eigenvalue weighted by molar-refractivity contribution is -0.0292. The Morgan fingerprint density at radius 1 is 0.682 bits per heavy atom. The summed E-state index contributed by atoms with van der Waals surface area (Å²) in [5.74, 6) is 0. The molecular weight excluding hydrogens is 544 g/mol. The average molecular weight is 601 g/mol. The molecule has 5 atom stereocenters. The average Bonchev–Trinajstić information content (AvgIpc) is 3.52. The number of allylic oxidation sites excluding steroid dienone is 16. The van der Waals surface area contributed by atoms with E-state index >= 15 is 0 Å². The minimum absolute atomic E-state index is 0.104. The Kier molecular flexibility index (Phi) is 11.1. The summed E-state index contributed by atoms with van der Waals surface area (Å²) < 4.78 is 6.24. The Balaban J connectivity index is 1.51. The molecule has 2 fully saturated rings. The van der Waals surface area contributed by atoms with Crippen LogP contribution < -0.4 is 0 Å². The van der Waals surface area contributed by atoms with Gasteiger partial charge in [0.05, 0.1) is 12.2 Å². The summed E-state index contributed by atoms with van der Waals surface area (Å²) in [4.78, 5) is 0. The van der Waals surface area contributed by atoms with Crippen LogP contribution in [0, 0.1) is 10.8 Å². The monoisotopic (exact) mass is 600 g/mol. The lowest BCUT2D eigenvalue weighted by Gasteiger charge is -2.46. The zero-order chi connectivity index (χ0) is 33.0. The van der Waals surface area contributed by atoms with Crippen LogP contribution in [0.2, 0.25) is 0 Å². The minimum atomic E-state index is -1.08. The molecule has 1 aliphatic heterocycles. The van der Waals surface area contributed by atoms with Gasteiger partial charge in [0.2, 0.25) is 0 Å². The Hall–Kier alpha value is -2.76. The first-order valence-electron chi connectivity index (χ1n) is 15.9. The van der Waals surface area contributed by atoms with Crippen LogP contribution in [0.25, 0.3) is 0 Å². The second-order valence-electron chi connectivity index (χ2n) is 14.7. The first-order chi connectivity index (χ1) is 20.4. The zero-order valence-electron chi connectivity index (χ0n) is 28.7. The highest BCUT2D eigenvalue weighted by Crippen LogP contribution is 2.66. The van der Waals surface area contributed by atoms with Crippen LogP contribution in [0.3, 0.4) is 0 Å². The summed E-state index contributed by atoms with van der Waals surface area (Å²) in [6, 6.07) is 0. The van der Waals surface area contributed by atoms with E-state index in [0.29, 0.717) is 12.8 Å². The van der Waals surface area contributed by atoms with Crippen molar-refractivity contribution in [2.45, 2.75) is 118 Å². The number of rotatable bonds is 10. The van der Waals surface area contributed by atoms with Crippen LogP contribution >= 0.6 is 0 Å². The molecule has 4 heteroatoms. The summed E-state index contributed by atoms with van der Waals surface area (Å²) in [6.45, 7) is 20.6. The van der Waals surface area contributed by atoms with Gasteiger partial charge in [0.1, 0.15) is 16.8 Å². The molecule has 0 aromatic carbocycles. The molecule has 0 aromatic heterocycles. The third kappa shape index (κ3) is 8.09. The molecule has 3 rings (SSSR count). The largest absolute Gasteiger partial charge is 0.393 e. The predicted molar refractivity (Wildman–Crippen MR) is 185 cm³/mol. The van der Waals surface area contributed by atoms with E-state index in [9.17, 15) is 15.3 Å². The van der Waals surface area contributed by atoms with Crippen molar-refractivity contribution >= 4 is 0 Å². The van der Waals surface area contributed by atoms with Gasteiger partial charge in [0, 0.05) is 17.3 Å². The molecule has 1 heterocycles. The van der Waals surface area contributed by atoms with Crippen LogP contribution in [-0.2, 0) is 4.74 Å². The maximum atomic E-state index is 11.3. The van der Waals surface area contributed by atoms with Gasteiger partial charge in [-0.25, -0.2) is 0 Å². The van der Waals surface area contributed by atoms with Crippen LogP contribution in [0.1, 0.15) is 88.5 Å². The van der Waals surface area contributed by atoms with Gasteiger partial charge < -0.3 is 20.1 Å². The smallest absolute Gasteiger partial charge is 0.121 e. The van der Waals surface area contributed by atoms with Gasteiger partial charge in [-0.05, 0) is 72.1 Å². The number of hydrogen-bond donors (Lipinski definition) is 3. The van der Waals surface area contributed by atoms with Crippen molar-refractivity contribution in [2.75, 3.05) is 0 Å². The topological polar surface area (TPSA) is 73.2 Å². The van der Waals surface area contributed by atoms with Crippen molar-refractivity contribution in [1.82, 2.24) is 0 Å². The molecule has 0 radical (unpaired) electrons. The highest BCUT2D eigenvalue weighted by molar-refractivity contribution is 5.38. The van der Waals surface area contributed by atoms with Gasteiger partial charge in [0.25, 0.3) is 0 Å². The molecule has 4 nitrogen and oxygen atoms in total. The maximum Gasteiger partial charge on any atom is 0.121 e. The van der Waals surface area contributed by atoms with Crippen molar-refractivity contribution < 1.29 is 20.1 Å². The molecule has 240 valence electrons. The standard InChI is InChI=1S/C40H56O4/c1-29(17-13-19-31(3)21-23-39(43)33(5)25-34(41)26-36(39,6)7)15-11-12-16-30(2)18-14-20-32(4)22-24-40-37(8,9)27-35(42)28-38(40,10)44-40/h11-25,34-35,41-43H,26-28H2,1-10H3/b12-11+,17-13?,18-14+,23-21?,24-22+,29-15?,30-16+,31-19?,32-20+. The maximum absolute atomic E-state index is 11.3. The van der Waals surface area contributed by atoms with Gasteiger partial charge in [-0.3, -0.25) is 0 Å². The van der Waals surface area contributed by atoms with Gasteiger partial charge >= 0.3 is 0 Å². The molecule has 3 N–H and O–H groups in total. The molecule has 0 amide bonds. The fourth-order valence-electron chi connectivity index (χ4n) is 6.96. The number of fused-ring (bicyclic) bond motifs is 1. The highest BCUT2D eigenvalue weighted by Gasteiger charge is 2.74. The number of aliphatic hydroxyl groups is 3. The zero-order valence-corrected chi connectivity index (χ0v) is 28.7. The molecule has 0 aromatic rings. The van der Waals surface area contributed by atoms with Gasteiger partial charge in [0.15, 0.2) is 0 Å². The van der Waals surface area contributed by atoms with Crippen LogP contribution in [-0.4, -0.2) is 44.3 Å². The second-order valence-corrected chi connectivity index (χ2v) is 14.7. The number of aliphatic hydroxyl groups excluding tert-OH is 2. The van der Waals surface area contributed by atoms with Gasteiger partial charge in [-0.15, -0.1) is 0 Å². The minimum Gasteiger partial charge on any atom is -0.393 e. The van der Waals surface area contributed by atoms with E-state index in [1.54, 1.807) is 6.08 Å². The van der Waals surface area contributed by atoms with E-state index in [-0.39, 0.29) is 22.7 Å². The number of epoxide rings is 1. The van der Waals surface area contributed by atoms with E-state index < -0.39 is 17.1 Å². The molecule has 1 saturated heterocycles. The quantitative estimate of drug-likeness (QED) is 0.133. The Morgan fingerprint density at radius 2 is 1.16 bits per heavy atom. The predicted octanol–water partition coefficient (Wildman–Crippen LogP) is 8.73. The molecule has 0 bridgehead atoms. The lowest BCUT2D eigenvalue weighted by Crippen LogP contribution is -2.48. The van der Waals surface area contributed by atoms with Crippen LogP contribution in [0.4, 0.5) is 0 Å². The lowest BCUT2D eigenvalue weighted by atomic mass is 9.63. The molecule has 5 unspecified atom stereocenters. The normalized spacial score (nSPS) is 35.0. The van der Waals surface area contributed by atoms with Crippen molar-refractivity contribution in [3.63, 3.8) is 0 Å². The van der Waals surface area contributed by atoms with Crippen molar-refractivity contribution in [2.24, 2.45) is 10.8 Å². The molecule has 0 spiro atoms. The van der Waals surface area contributed by atoms with Gasteiger partial charge in [-0.2, -0.15) is 0 Å². The SMILES string of the molecule is CC(C=CC1(O)C(C)=CC(O)CC1(C)C)=CC=CC(C)=C/C=C/C=C(C)/C=C/C=C(C)/C=C/C12OC1(C)CC(O)CC2(C)C. The van der Waals surface area contributed by atoms with E-state index in [1.807, 2.05) is 64.2 Å². The molecular formula is C40H56O4. The van der Waals surface area contributed by atoms with E-state index in [1.165, 1.54) is 0 Å². The van der Waals surface area contributed by atoms with Crippen molar-refractivity contribution in [3.8, 4) is 0 Å².